The Balaban J connectivity index is 2.40. The molecule has 2 heteroatoms. The quantitative estimate of drug-likeness (QED) is 0.426. The van der Waals surface area contributed by atoms with Crippen molar-refractivity contribution in [1.29, 1.82) is 0 Å². The molecule has 1 aromatic carbocycles. The van der Waals surface area contributed by atoms with E-state index in [-0.39, 0.29) is 0 Å². The zero-order valence-electron chi connectivity index (χ0n) is 8.37. The third-order valence-corrected chi connectivity index (χ3v) is 5.23. The van der Waals surface area contributed by atoms with Crippen LogP contribution in [0.15, 0.2) is 38.9 Å². The first-order chi connectivity index (χ1) is 6.83. The Labute approximate surface area is 106 Å². The van der Waals surface area contributed by atoms with Gasteiger partial charge in [-0.15, -0.1) is 0 Å². The molecule has 0 radical (unpaired) electrons. The molecule has 0 fully saturated rings. The summed E-state index contributed by atoms with van der Waals surface area (Å²) in [5, 5.41) is 0. The Morgan fingerprint density at radius 3 is 2.71 bits per heavy atom. The Bertz CT molecular complexity index is 280. The van der Waals surface area contributed by atoms with Crippen LogP contribution in [-0.4, -0.2) is 15.0 Å². The molecule has 0 N–H and O–H groups in total. The fraction of sp³-hybridized carbons (Fsp3) is 0.333. The van der Waals surface area contributed by atoms with Crippen molar-refractivity contribution in [3.05, 3.63) is 38.9 Å². The molecule has 0 unspecified atom stereocenters. The van der Waals surface area contributed by atoms with Crippen LogP contribution >= 0.6 is 22.6 Å². The summed E-state index contributed by atoms with van der Waals surface area (Å²) < 4.78 is 2.99. The molecule has 76 valence electrons. The average Bonchev–Trinajstić information content (AvgIpc) is 2.20. The second-order valence-electron chi connectivity index (χ2n) is 3.07. The van der Waals surface area contributed by atoms with E-state index in [2.05, 4.69) is 65.9 Å². The molecule has 0 aromatic heterocycles. The monoisotopic (exact) mass is 366 g/mol. The predicted octanol–water partition coefficient (Wildman–Crippen LogP) is 3.48. The fourth-order valence-electron chi connectivity index (χ4n) is 1.06. The number of halogens is 1. The van der Waals surface area contributed by atoms with E-state index in [0.717, 1.165) is 0 Å². The van der Waals surface area contributed by atoms with E-state index in [1.807, 2.05) is 0 Å². The van der Waals surface area contributed by atoms with Crippen LogP contribution in [-0.2, 0) is 0 Å². The van der Waals surface area contributed by atoms with Crippen LogP contribution in [0.1, 0.15) is 26.2 Å². The minimum atomic E-state index is 0.523. The Kier molecular flexibility index (Phi) is 6.57. The second kappa shape index (κ2) is 7.49. The van der Waals surface area contributed by atoms with Crippen LogP contribution in [0.5, 0.6) is 0 Å². The number of hydrogen-bond donors (Lipinski definition) is 0. The first-order valence-corrected chi connectivity index (χ1v) is 7.70. The Morgan fingerprint density at radius 2 is 2.07 bits per heavy atom. The summed E-state index contributed by atoms with van der Waals surface area (Å²) in [6.07, 6.45) is 6.23. The standard InChI is InChI=1S/C12H15ISe/c1-2-3-5-10-12(13)14-11-8-6-4-7-9-11/h4,6-10H,2-3,5H2,1H3. The van der Waals surface area contributed by atoms with Crippen molar-refractivity contribution < 1.29 is 0 Å². The molecule has 0 heterocycles. The van der Waals surface area contributed by atoms with Gasteiger partial charge < -0.3 is 0 Å². The van der Waals surface area contributed by atoms with Crippen LogP contribution in [0.3, 0.4) is 0 Å². The van der Waals surface area contributed by atoms with Gasteiger partial charge in [0.1, 0.15) is 0 Å². The summed E-state index contributed by atoms with van der Waals surface area (Å²) in [4.78, 5) is 0. The van der Waals surface area contributed by atoms with E-state index in [4.69, 9.17) is 0 Å². The molecule has 0 bridgehead atoms. The maximum atomic E-state index is 2.47. The summed E-state index contributed by atoms with van der Waals surface area (Å²) >= 11 is 3.00. The van der Waals surface area contributed by atoms with Crippen molar-refractivity contribution in [1.82, 2.24) is 0 Å². The molecule has 0 aliphatic heterocycles. The molecule has 1 aromatic rings. The van der Waals surface area contributed by atoms with Crippen molar-refractivity contribution in [3.63, 3.8) is 0 Å². The first-order valence-electron chi connectivity index (χ1n) is 4.91. The van der Waals surface area contributed by atoms with Crippen molar-refractivity contribution >= 4 is 42.0 Å². The molecule has 0 saturated heterocycles. The van der Waals surface area contributed by atoms with Gasteiger partial charge in [0.05, 0.1) is 0 Å². The molecule has 0 atom stereocenters. The molecule has 0 aliphatic carbocycles. The molecular weight excluding hydrogens is 350 g/mol. The van der Waals surface area contributed by atoms with E-state index >= 15 is 0 Å². The van der Waals surface area contributed by atoms with Gasteiger partial charge in [-0.25, -0.2) is 0 Å². The number of rotatable bonds is 5. The van der Waals surface area contributed by atoms with Gasteiger partial charge in [-0.1, -0.05) is 0 Å². The van der Waals surface area contributed by atoms with Crippen LogP contribution in [0, 0.1) is 0 Å². The van der Waals surface area contributed by atoms with Gasteiger partial charge in [0.2, 0.25) is 0 Å². The van der Waals surface area contributed by atoms with Crippen molar-refractivity contribution in [2.45, 2.75) is 26.2 Å². The number of hydrogen-bond acceptors (Lipinski definition) is 0. The molecule has 0 saturated carbocycles. The van der Waals surface area contributed by atoms with Gasteiger partial charge in [-0.05, 0) is 0 Å². The summed E-state index contributed by atoms with van der Waals surface area (Å²) in [6.45, 7) is 2.24. The van der Waals surface area contributed by atoms with E-state index < -0.39 is 0 Å². The van der Waals surface area contributed by atoms with E-state index in [0.29, 0.717) is 15.0 Å². The van der Waals surface area contributed by atoms with Gasteiger partial charge >= 0.3 is 107 Å². The normalized spacial score (nSPS) is 11.7. The average molecular weight is 365 g/mol. The summed E-state index contributed by atoms with van der Waals surface area (Å²) in [6, 6.07) is 10.7. The van der Waals surface area contributed by atoms with Crippen molar-refractivity contribution in [2.75, 3.05) is 0 Å². The molecule has 0 aliphatic rings. The van der Waals surface area contributed by atoms with Gasteiger partial charge in [0.25, 0.3) is 0 Å². The number of allylic oxidation sites excluding steroid dienone is 1. The summed E-state index contributed by atoms with van der Waals surface area (Å²) in [5.74, 6) is 0. The molecule has 0 amide bonds. The predicted molar refractivity (Wildman–Crippen MR) is 73.5 cm³/mol. The van der Waals surface area contributed by atoms with E-state index in [1.54, 1.807) is 0 Å². The van der Waals surface area contributed by atoms with E-state index in [9.17, 15) is 0 Å². The maximum absolute atomic E-state index is 2.47. The second-order valence-corrected chi connectivity index (χ2v) is 8.21. The SMILES string of the molecule is CCCCC=C(I)[Se]c1ccccc1. The minimum absolute atomic E-state index is 0.523. The van der Waals surface area contributed by atoms with Crippen LogP contribution in [0.4, 0.5) is 0 Å². The zero-order chi connectivity index (χ0) is 10.2. The molecule has 0 nitrogen and oxygen atoms in total. The van der Waals surface area contributed by atoms with Crippen LogP contribution in [0.2, 0.25) is 0 Å². The van der Waals surface area contributed by atoms with Crippen LogP contribution < -0.4 is 4.46 Å². The zero-order valence-corrected chi connectivity index (χ0v) is 12.2. The third-order valence-electron chi connectivity index (χ3n) is 1.82. The van der Waals surface area contributed by atoms with Gasteiger partial charge in [-0.2, -0.15) is 0 Å². The van der Waals surface area contributed by atoms with Crippen LogP contribution in [0.25, 0.3) is 0 Å². The van der Waals surface area contributed by atoms with Gasteiger partial charge in [-0.3, -0.25) is 0 Å². The Hall–Kier alpha value is 0.209. The molecule has 0 spiro atoms. The fourth-order valence-corrected chi connectivity index (χ4v) is 4.20. The molecular formula is C12H15ISe. The van der Waals surface area contributed by atoms with Gasteiger partial charge in [0, 0.05) is 0 Å². The van der Waals surface area contributed by atoms with Crippen molar-refractivity contribution in [3.8, 4) is 0 Å². The summed E-state index contributed by atoms with van der Waals surface area (Å²) in [7, 11) is 0. The number of benzene rings is 1. The third kappa shape index (κ3) is 5.18. The summed E-state index contributed by atoms with van der Waals surface area (Å²) in [5.41, 5.74) is 0. The van der Waals surface area contributed by atoms with E-state index in [1.165, 1.54) is 26.2 Å². The molecule has 14 heavy (non-hydrogen) atoms. The number of unbranched alkanes of at least 4 members (excludes halogenated alkanes) is 2. The Morgan fingerprint density at radius 1 is 1.36 bits per heavy atom. The first kappa shape index (κ1) is 12.3. The van der Waals surface area contributed by atoms with Gasteiger partial charge in [0.15, 0.2) is 0 Å². The topological polar surface area (TPSA) is 0 Å². The molecule has 1 rings (SSSR count). The van der Waals surface area contributed by atoms with Crippen molar-refractivity contribution in [2.24, 2.45) is 0 Å².